The summed E-state index contributed by atoms with van der Waals surface area (Å²) < 4.78 is 13.0. The van der Waals surface area contributed by atoms with E-state index in [1.54, 1.807) is 0 Å². The minimum Gasteiger partial charge on any atom is -0.395 e. The van der Waals surface area contributed by atoms with Crippen LogP contribution in [0.2, 0.25) is 0 Å². The van der Waals surface area contributed by atoms with Crippen LogP contribution in [0.5, 0.6) is 0 Å². The number of fused-ring (bicyclic) bond motifs is 1. The molecular formula is C11H13BrO2S. The standard InChI is InChI=1S/C11H13BrO2S/c12-10-3-1-2-9-8(10)4-5-11(9)15(14)7-6-13/h1-3,11,13H,4-7H2/t11-,15-/m1/s1. The van der Waals surface area contributed by atoms with E-state index in [0.717, 1.165) is 17.3 Å². The molecular weight excluding hydrogens is 276 g/mol. The fourth-order valence-electron chi connectivity index (χ4n) is 2.08. The molecule has 0 fully saturated rings. The third-order valence-electron chi connectivity index (χ3n) is 2.77. The van der Waals surface area contributed by atoms with Gasteiger partial charge in [-0.25, -0.2) is 0 Å². The van der Waals surface area contributed by atoms with Crippen LogP contribution >= 0.6 is 15.9 Å². The largest absolute Gasteiger partial charge is 0.395 e. The summed E-state index contributed by atoms with van der Waals surface area (Å²) in [5.41, 5.74) is 2.48. The van der Waals surface area contributed by atoms with Gasteiger partial charge in [0, 0.05) is 21.0 Å². The van der Waals surface area contributed by atoms with Crippen LogP contribution in [0.15, 0.2) is 22.7 Å². The van der Waals surface area contributed by atoms with Crippen LogP contribution in [-0.4, -0.2) is 21.7 Å². The van der Waals surface area contributed by atoms with E-state index in [-0.39, 0.29) is 11.9 Å². The average Bonchev–Trinajstić information content (AvgIpc) is 2.63. The fraction of sp³-hybridized carbons (Fsp3) is 0.455. The Hall–Kier alpha value is -0.190. The molecule has 0 aliphatic heterocycles. The van der Waals surface area contributed by atoms with Gasteiger partial charge in [0.15, 0.2) is 0 Å². The Morgan fingerprint density at radius 3 is 3.07 bits per heavy atom. The van der Waals surface area contributed by atoms with Crippen molar-refractivity contribution in [3.8, 4) is 0 Å². The number of aliphatic hydroxyl groups is 1. The van der Waals surface area contributed by atoms with Gasteiger partial charge < -0.3 is 5.11 Å². The molecule has 0 radical (unpaired) electrons. The number of hydrogen-bond acceptors (Lipinski definition) is 2. The molecule has 0 saturated carbocycles. The monoisotopic (exact) mass is 288 g/mol. The maximum Gasteiger partial charge on any atom is 0.0604 e. The third-order valence-corrected chi connectivity index (χ3v) is 5.22. The Morgan fingerprint density at radius 2 is 2.33 bits per heavy atom. The van der Waals surface area contributed by atoms with Gasteiger partial charge in [-0.2, -0.15) is 0 Å². The molecule has 0 heterocycles. The molecule has 2 atom stereocenters. The van der Waals surface area contributed by atoms with E-state index in [0.29, 0.717) is 5.75 Å². The Balaban J connectivity index is 2.29. The minimum absolute atomic E-state index is 0.00640. The van der Waals surface area contributed by atoms with Crippen molar-refractivity contribution >= 4 is 26.7 Å². The van der Waals surface area contributed by atoms with Gasteiger partial charge >= 0.3 is 0 Å². The average molecular weight is 289 g/mol. The molecule has 15 heavy (non-hydrogen) atoms. The predicted molar refractivity (Wildman–Crippen MR) is 65.3 cm³/mol. The third kappa shape index (κ3) is 2.17. The van der Waals surface area contributed by atoms with Crippen molar-refractivity contribution in [2.24, 2.45) is 0 Å². The lowest BCUT2D eigenvalue weighted by molar-refractivity contribution is 0.321. The molecule has 4 heteroatoms. The normalized spacial score (nSPS) is 21.3. The number of rotatable bonds is 3. The number of halogens is 1. The van der Waals surface area contributed by atoms with E-state index in [1.807, 2.05) is 18.2 Å². The Morgan fingerprint density at radius 1 is 1.53 bits per heavy atom. The lowest BCUT2D eigenvalue weighted by atomic mass is 10.1. The maximum atomic E-state index is 11.9. The summed E-state index contributed by atoms with van der Waals surface area (Å²) in [4.78, 5) is 0. The van der Waals surface area contributed by atoms with Crippen LogP contribution in [0, 0.1) is 0 Å². The molecule has 0 amide bonds. The van der Waals surface area contributed by atoms with Crippen LogP contribution in [-0.2, 0) is 17.2 Å². The second-order valence-electron chi connectivity index (χ2n) is 3.64. The van der Waals surface area contributed by atoms with E-state index in [4.69, 9.17) is 5.11 Å². The lowest BCUT2D eigenvalue weighted by Gasteiger charge is -2.10. The van der Waals surface area contributed by atoms with E-state index in [2.05, 4.69) is 15.9 Å². The zero-order valence-corrected chi connectivity index (χ0v) is 10.7. The quantitative estimate of drug-likeness (QED) is 0.926. The van der Waals surface area contributed by atoms with Gasteiger partial charge in [-0.05, 0) is 30.0 Å². The molecule has 82 valence electrons. The molecule has 1 aliphatic carbocycles. The topological polar surface area (TPSA) is 37.3 Å². The molecule has 0 unspecified atom stereocenters. The highest BCUT2D eigenvalue weighted by atomic mass is 79.9. The first kappa shape index (κ1) is 11.3. The molecule has 2 nitrogen and oxygen atoms in total. The summed E-state index contributed by atoms with van der Waals surface area (Å²) in [5.74, 6) is 0.386. The second-order valence-corrected chi connectivity index (χ2v) is 6.24. The first-order chi connectivity index (χ1) is 7.24. The second kappa shape index (κ2) is 4.76. The first-order valence-corrected chi connectivity index (χ1v) is 7.17. The highest BCUT2D eigenvalue weighted by molar-refractivity contribution is 9.10. The zero-order valence-electron chi connectivity index (χ0n) is 8.28. The molecule has 1 aliphatic rings. The van der Waals surface area contributed by atoms with Crippen molar-refractivity contribution in [2.75, 3.05) is 12.4 Å². The molecule has 0 aromatic heterocycles. The lowest BCUT2D eigenvalue weighted by Crippen LogP contribution is -2.09. The predicted octanol–water partition coefficient (Wildman–Crippen LogP) is 2.18. The van der Waals surface area contributed by atoms with Gasteiger partial charge in [0.1, 0.15) is 0 Å². The Bertz CT molecular complexity index is 392. The molecule has 0 saturated heterocycles. The van der Waals surface area contributed by atoms with Gasteiger partial charge in [-0.1, -0.05) is 28.1 Å². The first-order valence-electron chi connectivity index (χ1n) is 4.99. The van der Waals surface area contributed by atoms with Crippen molar-refractivity contribution < 1.29 is 9.32 Å². The molecule has 1 aromatic carbocycles. The molecule has 1 aromatic rings. The van der Waals surface area contributed by atoms with Crippen molar-refractivity contribution in [1.29, 1.82) is 0 Å². The van der Waals surface area contributed by atoms with Crippen LogP contribution in [0.3, 0.4) is 0 Å². The number of hydrogen-bond donors (Lipinski definition) is 1. The molecule has 0 spiro atoms. The summed E-state index contributed by atoms with van der Waals surface area (Å²) in [7, 11) is -0.936. The SMILES string of the molecule is O=[S@](CCO)[C@@H]1CCc2c(Br)cccc21. The summed E-state index contributed by atoms with van der Waals surface area (Å²) in [6.45, 7) is 0.00640. The van der Waals surface area contributed by atoms with Crippen LogP contribution in [0.4, 0.5) is 0 Å². The van der Waals surface area contributed by atoms with Gasteiger partial charge in [0.25, 0.3) is 0 Å². The minimum atomic E-state index is -0.936. The van der Waals surface area contributed by atoms with E-state index >= 15 is 0 Å². The maximum absolute atomic E-state index is 11.9. The van der Waals surface area contributed by atoms with Gasteiger partial charge in [0.05, 0.1) is 11.9 Å². The summed E-state index contributed by atoms with van der Waals surface area (Å²) >= 11 is 3.51. The molecule has 0 bridgehead atoms. The highest BCUT2D eigenvalue weighted by Crippen LogP contribution is 2.38. The Kier molecular flexibility index (Phi) is 3.59. The van der Waals surface area contributed by atoms with Crippen molar-refractivity contribution in [3.63, 3.8) is 0 Å². The van der Waals surface area contributed by atoms with Crippen molar-refractivity contribution in [3.05, 3.63) is 33.8 Å². The summed E-state index contributed by atoms with van der Waals surface area (Å²) in [6, 6.07) is 6.06. The van der Waals surface area contributed by atoms with Crippen LogP contribution in [0.1, 0.15) is 22.8 Å². The number of benzene rings is 1. The smallest absolute Gasteiger partial charge is 0.0604 e. The Labute approximate surface area is 100 Å². The van der Waals surface area contributed by atoms with Gasteiger partial charge in [-0.3, -0.25) is 4.21 Å². The van der Waals surface area contributed by atoms with Crippen LogP contribution < -0.4 is 0 Å². The van der Waals surface area contributed by atoms with Crippen LogP contribution in [0.25, 0.3) is 0 Å². The summed E-state index contributed by atoms with van der Waals surface area (Å²) in [5, 5.41) is 8.91. The van der Waals surface area contributed by atoms with Crippen molar-refractivity contribution in [1.82, 2.24) is 0 Å². The van der Waals surface area contributed by atoms with Crippen molar-refractivity contribution in [2.45, 2.75) is 18.1 Å². The van der Waals surface area contributed by atoms with E-state index in [1.165, 1.54) is 11.1 Å². The summed E-state index contributed by atoms with van der Waals surface area (Å²) in [6.07, 6.45) is 1.92. The van der Waals surface area contributed by atoms with Gasteiger partial charge in [0.2, 0.25) is 0 Å². The molecule has 1 N–H and O–H groups in total. The van der Waals surface area contributed by atoms with E-state index < -0.39 is 10.8 Å². The molecule has 2 rings (SSSR count). The fourth-order valence-corrected chi connectivity index (χ4v) is 4.01. The zero-order chi connectivity index (χ0) is 10.8. The van der Waals surface area contributed by atoms with Gasteiger partial charge in [-0.15, -0.1) is 0 Å². The van der Waals surface area contributed by atoms with E-state index in [9.17, 15) is 4.21 Å². The number of aliphatic hydroxyl groups excluding tert-OH is 1. The highest BCUT2D eigenvalue weighted by Gasteiger charge is 2.28.